The van der Waals surface area contributed by atoms with E-state index in [1.54, 1.807) is 0 Å². The van der Waals surface area contributed by atoms with Crippen molar-refractivity contribution < 1.29 is 4.74 Å². The highest BCUT2D eigenvalue weighted by atomic mass is 28.3. The zero-order chi connectivity index (χ0) is 12.7. The number of ether oxygens (including phenoxy) is 1. The van der Waals surface area contributed by atoms with Gasteiger partial charge in [-0.25, -0.2) is 0 Å². The first kappa shape index (κ1) is 14.8. The fourth-order valence-corrected chi connectivity index (χ4v) is 2.73. The van der Waals surface area contributed by atoms with Gasteiger partial charge in [-0.3, -0.25) is 0 Å². The molecule has 0 aromatic rings. The Balaban J connectivity index is 2.35. The molecule has 0 aliphatic carbocycles. The van der Waals surface area contributed by atoms with Crippen LogP contribution in [0.25, 0.3) is 0 Å². The smallest absolute Gasteiger partial charge is 0.129 e. The van der Waals surface area contributed by atoms with E-state index in [1.807, 2.05) is 0 Å². The molecule has 0 aromatic heterocycles. The van der Waals surface area contributed by atoms with Gasteiger partial charge in [0, 0.05) is 0 Å². The fraction of sp³-hybridized carbons (Fsp3) is 0.867. The van der Waals surface area contributed by atoms with Gasteiger partial charge in [-0.15, -0.1) is 5.54 Å². The molecule has 17 heavy (non-hydrogen) atoms. The Kier molecular flexibility index (Phi) is 6.30. The summed E-state index contributed by atoms with van der Waals surface area (Å²) in [6.07, 6.45) is 9.57. The summed E-state index contributed by atoms with van der Waals surface area (Å²) < 4.78 is 6.08. The Morgan fingerprint density at radius 2 is 1.94 bits per heavy atom. The molecule has 0 aromatic carbocycles. The Morgan fingerprint density at radius 3 is 2.59 bits per heavy atom. The highest BCUT2D eigenvalue weighted by Crippen LogP contribution is 2.22. The summed E-state index contributed by atoms with van der Waals surface area (Å²) in [5, 5.41) is 0. The van der Waals surface area contributed by atoms with Gasteiger partial charge in [0.2, 0.25) is 0 Å². The maximum Gasteiger partial charge on any atom is 0.129 e. The van der Waals surface area contributed by atoms with Crippen molar-refractivity contribution in [2.45, 2.75) is 83.7 Å². The van der Waals surface area contributed by atoms with Crippen LogP contribution in [-0.2, 0) is 4.74 Å². The molecular weight excluding hydrogens is 224 g/mol. The molecule has 2 heteroatoms. The molecule has 1 aliphatic rings. The van der Waals surface area contributed by atoms with E-state index in [0.29, 0.717) is 6.10 Å². The SMILES string of the molecule is CCCCC[C@H]1CCC[C@H](C#C[Si](C)(C)C)O1. The predicted octanol–water partition coefficient (Wildman–Crippen LogP) is 4.39. The molecule has 0 N–H and O–H groups in total. The standard InChI is InChI=1S/C15H28OSi/c1-5-6-7-9-14-10-8-11-15(16-14)12-13-17(2,3)4/h14-15H,5-11H2,1-4H3/t14-,15+/m0/s1. The van der Waals surface area contributed by atoms with E-state index < -0.39 is 8.07 Å². The van der Waals surface area contributed by atoms with Crippen LogP contribution in [0.5, 0.6) is 0 Å². The lowest BCUT2D eigenvalue weighted by Crippen LogP contribution is -2.27. The van der Waals surface area contributed by atoms with Gasteiger partial charge >= 0.3 is 0 Å². The van der Waals surface area contributed by atoms with Crippen LogP contribution >= 0.6 is 0 Å². The van der Waals surface area contributed by atoms with Gasteiger partial charge in [-0.05, 0) is 25.7 Å². The van der Waals surface area contributed by atoms with Gasteiger partial charge in [0.1, 0.15) is 14.2 Å². The summed E-state index contributed by atoms with van der Waals surface area (Å²) in [6, 6.07) is 0. The molecule has 98 valence electrons. The van der Waals surface area contributed by atoms with Crippen molar-refractivity contribution in [3.63, 3.8) is 0 Å². The summed E-state index contributed by atoms with van der Waals surface area (Å²) in [4.78, 5) is 0. The van der Waals surface area contributed by atoms with Crippen molar-refractivity contribution in [1.29, 1.82) is 0 Å². The molecule has 0 amide bonds. The molecule has 1 fully saturated rings. The van der Waals surface area contributed by atoms with Gasteiger partial charge in [-0.2, -0.15) is 0 Å². The third-order valence-corrected chi connectivity index (χ3v) is 3.98. The monoisotopic (exact) mass is 252 g/mol. The molecular formula is C15H28OSi. The van der Waals surface area contributed by atoms with E-state index in [0.717, 1.165) is 6.42 Å². The Bertz CT molecular complexity index is 269. The summed E-state index contributed by atoms with van der Waals surface area (Å²) in [6.45, 7) is 9.13. The Morgan fingerprint density at radius 1 is 1.18 bits per heavy atom. The second kappa shape index (κ2) is 7.23. The molecule has 0 bridgehead atoms. The van der Waals surface area contributed by atoms with Crippen LogP contribution in [-0.4, -0.2) is 20.3 Å². The largest absolute Gasteiger partial charge is 0.362 e. The Hall–Kier alpha value is -0.263. The van der Waals surface area contributed by atoms with Gasteiger partial charge < -0.3 is 4.74 Å². The highest BCUT2D eigenvalue weighted by molar-refractivity contribution is 6.83. The molecule has 1 nitrogen and oxygen atoms in total. The molecule has 0 spiro atoms. The van der Waals surface area contributed by atoms with Crippen molar-refractivity contribution in [2.75, 3.05) is 0 Å². The first-order valence-corrected chi connectivity index (χ1v) is 10.7. The predicted molar refractivity (Wildman–Crippen MR) is 77.8 cm³/mol. The molecule has 2 atom stereocenters. The van der Waals surface area contributed by atoms with Crippen molar-refractivity contribution >= 4 is 8.07 Å². The Labute approximate surface area is 108 Å². The first-order valence-electron chi connectivity index (χ1n) is 7.19. The van der Waals surface area contributed by atoms with E-state index in [1.165, 1.54) is 38.5 Å². The van der Waals surface area contributed by atoms with E-state index in [9.17, 15) is 0 Å². The zero-order valence-electron chi connectivity index (χ0n) is 12.0. The summed E-state index contributed by atoms with van der Waals surface area (Å²) in [5.74, 6) is 3.37. The number of hydrogen-bond donors (Lipinski definition) is 0. The second-order valence-corrected chi connectivity index (χ2v) is 10.9. The van der Waals surface area contributed by atoms with Crippen molar-refractivity contribution in [3.8, 4) is 11.5 Å². The molecule has 0 radical (unpaired) electrons. The van der Waals surface area contributed by atoms with Crippen LogP contribution in [0.2, 0.25) is 19.6 Å². The second-order valence-electron chi connectivity index (χ2n) is 6.19. The van der Waals surface area contributed by atoms with Crippen molar-refractivity contribution in [3.05, 3.63) is 0 Å². The van der Waals surface area contributed by atoms with Crippen molar-refractivity contribution in [2.24, 2.45) is 0 Å². The van der Waals surface area contributed by atoms with Crippen molar-refractivity contribution in [1.82, 2.24) is 0 Å². The van der Waals surface area contributed by atoms with Gasteiger partial charge in [0.15, 0.2) is 0 Å². The number of unbranched alkanes of at least 4 members (excludes halogenated alkanes) is 2. The maximum absolute atomic E-state index is 6.08. The lowest BCUT2D eigenvalue weighted by molar-refractivity contribution is -0.0252. The van der Waals surface area contributed by atoms with E-state index in [2.05, 4.69) is 38.0 Å². The molecule has 1 saturated heterocycles. The lowest BCUT2D eigenvalue weighted by Gasteiger charge is -2.27. The molecule has 0 saturated carbocycles. The quantitative estimate of drug-likeness (QED) is 0.410. The fourth-order valence-electron chi connectivity index (χ4n) is 2.14. The summed E-state index contributed by atoms with van der Waals surface area (Å²) in [5.41, 5.74) is 3.44. The van der Waals surface area contributed by atoms with Crippen LogP contribution < -0.4 is 0 Å². The highest BCUT2D eigenvalue weighted by Gasteiger charge is 2.20. The van der Waals surface area contributed by atoms with E-state index in [4.69, 9.17) is 4.74 Å². The summed E-state index contributed by atoms with van der Waals surface area (Å²) >= 11 is 0. The van der Waals surface area contributed by atoms with Crippen LogP contribution in [0, 0.1) is 11.5 Å². The minimum Gasteiger partial charge on any atom is -0.362 e. The normalized spacial score (nSPS) is 25.2. The molecule has 1 heterocycles. The first-order chi connectivity index (χ1) is 8.01. The average molecular weight is 252 g/mol. The lowest BCUT2D eigenvalue weighted by atomic mass is 10.00. The van der Waals surface area contributed by atoms with Crippen LogP contribution in [0.1, 0.15) is 51.9 Å². The third kappa shape index (κ3) is 6.91. The third-order valence-electron chi connectivity index (χ3n) is 3.09. The molecule has 0 unspecified atom stereocenters. The molecule has 1 rings (SSSR count). The minimum absolute atomic E-state index is 0.224. The van der Waals surface area contributed by atoms with Gasteiger partial charge in [0.05, 0.1) is 6.10 Å². The van der Waals surface area contributed by atoms with Gasteiger partial charge in [-0.1, -0.05) is 51.7 Å². The van der Waals surface area contributed by atoms with E-state index >= 15 is 0 Å². The zero-order valence-corrected chi connectivity index (χ0v) is 13.0. The number of hydrogen-bond acceptors (Lipinski definition) is 1. The minimum atomic E-state index is -1.24. The average Bonchev–Trinajstić information content (AvgIpc) is 2.27. The molecule has 1 aliphatic heterocycles. The van der Waals surface area contributed by atoms with Crippen LogP contribution in [0.15, 0.2) is 0 Å². The van der Waals surface area contributed by atoms with Crippen LogP contribution in [0.3, 0.4) is 0 Å². The maximum atomic E-state index is 6.08. The van der Waals surface area contributed by atoms with Crippen LogP contribution in [0.4, 0.5) is 0 Å². The van der Waals surface area contributed by atoms with E-state index in [-0.39, 0.29) is 6.10 Å². The topological polar surface area (TPSA) is 9.23 Å². The number of rotatable bonds is 4. The van der Waals surface area contributed by atoms with Gasteiger partial charge in [0.25, 0.3) is 0 Å². The summed E-state index contributed by atoms with van der Waals surface area (Å²) in [7, 11) is -1.24.